The highest BCUT2D eigenvalue weighted by molar-refractivity contribution is 5.73. The van der Waals surface area contributed by atoms with Crippen molar-refractivity contribution >= 4 is 5.91 Å². The molecular weight excluding hydrogens is 172 g/mol. The van der Waals surface area contributed by atoms with Crippen LogP contribution in [0.5, 0.6) is 0 Å². The van der Waals surface area contributed by atoms with Gasteiger partial charge < -0.3 is 20.8 Å². The van der Waals surface area contributed by atoms with E-state index in [1.165, 1.54) is 6.92 Å². The minimum Gasteiger partial charge on any atom is -0.395 e. The van der Waals surface area contributed by atoms with Crippen LogP contribution in [0.4, 0.5) is 0 Å². The number of aliphatic hydroxyl groups excluding tert-OH is 2. The first-order valence-electron chi connectivity index (χ1n) is 4.43. The molecule has 0 aliphatic carbocycles. The lowest BCUT2D eigenvalue weighted by Gasteiger charge is -2.33. The summed E-state index contributed by atoms with van der Waals surface area (Å²) in [5.74, 6) is -0.145. The summed E-state index contributed by atoms with van der Waals surface area (Å²) in [4.78, 5) is 10.7. The molecule has 0 aromatic rings. The molecule has 1 saturated heterocycles. The lowest BCUT2D eigenvalue weighted by molar-refractivity contribution is -0.120. The molecule has 4 N–H and O–H groups in total. The Balaban J connectivity index is 2.39. The van der Waals surface area contributed by atoms with Gasteiger partial charge in [-0.25, -0.2) is 0 Å². The average Bonchev–Trinajstić information content (AvgIpc) is 2.08. The summed E-state index contributed by atoms with van der Waals surface area (Å²) in [7, 11) is 0. The standard InChI is InChI=1S/C8H16N2O3/c1-5(12)10-7-3-9-6(4-11)2-8(7)13/h6-9,11,13H,2-4H2,1H3,(H,10,12)/t6-,7-,8-/m0/s1. The van der Waals surface area contributed by atoms with Crippen LogP contribution < -0.4 is 10.6 Å². The molecule has 1 aliphatic heterocycles. The second kappa shape index (κ2) is 4.55. The van der Waals surface area contributed by atoms with Gasteiger partial charge in [0.25, 0.3) is 0 Å². The fraction of sp³-hybridized carbons (Fsp3) is 0.875. The van der Waals surface area contributed by atoms with Gasteiger partial charge in [0.2, 0.25) is 5.91 Å². The highest BCUT2D eigenvalue weighted by Gasteiger charge is 2.28. The normalized spacial score (nSPS) is 34.2. The number of hydrogen-bond donors (Lipinski definition) is 4. The van der Waals surface area contributed by atoms with Crippen LogP contribution in [0, 0.1) is 0 Å². The minimum atomic E-state index is -0.567. The van der Waals surface area contributed by atoms with Gasteiger partial charge in [-0.3, -0.25) is 4.79 Å². The second-order valence-electron chi connectivity index (χ2n) is 3.40. The number of hydrogen-bond acceptors (Lipinski definition) is 4. The maximum absolute atomic E-state index is 10.7. The molecule has 0 aromatic heterocycles. The Labute approximate surface area is 77.1 Å². The molecule has 0 unspecified atom stereocenters. The molecule has 1 aliphatic rings. The van der Waals surface area contributed by atoms with E-state index in [4.69, 9.17) is 5.11 Å². The van der Waals surface area contributed by atoms with Crippen molar-refractivity contribution in [2.75, 3.05) is 13.2 Å². The molecule has 13 heavy (non-hydrogen) atoms. The van der Waals surface area contributed by atoms with Gasteiger partial charge in [-0.1, -0.05) is 0 Å². The SMILES string of the molecule is CC(=O)N[C@H]1CN[C@H](CO)C[C@@H]1O. The molecule has 0 spiro atoms. The van der Waals surface area contributed by atoms with E-state index in [9.17, 15) is 9.90 Å². The maximum atomic E-state index is 10.7. The topological polar surface area (TPSA) is 81.6 Å². The first kappa shape index (κ1) is 10.4. The number of carbonyl (C=O) groups is 1. The van der Waals surface area contributed by atoms with Crippen molar-refractivity contribution in [2.24, 2.45) is 0 Å². The molecule has 76 valence electrons. The molecule has 1 fully saturated rings. The molecule has 1 amide bonds. The third kappa shape index (κ3) is 2.95. The lowest BCUT2D eigenvalue weighted by Crippen LogP contribution is -2.57. The van der Waals surface area contributed by atoms with E-state index in [1.807, 2.05) is 0 Å². The fourth-order valence-corrected chi connectivity index (χ4v) is 1.52. The van der Waals surface area contributed by atoms with Crippen molar-refractivity contribution in [1.29, 1.82) is 0 Å². The first-order chi connectivity index (χ1) is 6.13. The van der Waals surface area contributed by atoms with Crippen LogP contribution in [0.2, 0.25) is 0 Å². The van der Waals surface area contributed by atoms with Crippen molar-refractivity contribution < 1.29 is 15.0 Å². The molecule has 5 heteroatoms. The highest BCUT2D eigenvalue weighted by Crippen LogP contribution is 2.08. The average molecular weight is 188 g/mol. The molecular formula is C8H16N2O3. The van der Waals surface area contributed by atoms with Gasteiger partial charge in [0, 0.05) is 19.5 Å². The molecule has 1 heterocycles. The van der Waals surface area contributed by atoms with Crippen molar-refractivity contribution in [3.63, 3.8) is 0 Å². The van der Waals surface area contributed by atoms with Gasteiger partial charge in [0.15, 0.2) is 0 Å². The van der Waals surface area contributed by atoms with E-state index in [0.29, 0.717) is 13.0 Å². The Morgan fingerprint density at radius 3 is 2.85 bits per heavy atom. The second-order valence-corrected chi connectivity index (χ2v) is 3.40. The highest BCUT2D eigenvalue weighted by atomic mass is 16.3. The fourth-order valence-electron chi connectivity index (χ4n) is 1.52. The summed E-state index contributed by atoms with van der Waals surface area (Å²) in [6.45, 7) is 1.95. The van der Waals surface area contributed by atoms with Crippen LogP contribution in [0.25, 0.3) is 0 Å². The predicted molar refractivity (Wildman–Crippen MR) is 47.1 cm³/mol. The van der Waals surface area contributed by atoms with Crippen LogP contribution in [0.15, 0.2) is 0 Å². The first-order valence-corrected chi connectivity index (χ1v) is 4.43. The van der Waals surface area contributed by atoms with Crippen molar-refractivity contribution in [1.82, 2.24) is 10.6 Å². The third-order valence-corrected chi connectivity index (χ3v) is 2.23. The Morgan fingerprint density at radius 1 is 1.69 bits per heavy atom. The smallest absolute Gasteiger partial charge is 0.217 e. The van der Waals surface area contributed by atoms with E-state index in [2.05, 4.69) is 10.6 Å². The van der Waals surface area contributed by atoms with Crippen molar-refractivity contribution in [2.45, 2.75) is 31.5 Å². The van der Waals surface area contributed by atoms with Crippen LogP contribution in [-0.2, 0) is 4.79 Å². The Morgan fingerprint density at radius 2 is 2.38 bits per heavy atom. The maximum Gasteiger partial charge on any atom is 0.217 e. The van der Waals surface area contributed by atoms with E-state index >= 15 is 0 Å². The number of rotatable bonds is 2. The molecule has 0 radical (unpaired) electrons. The predicted octanol–water partition coefficient (Wildman–Crippen LogP) is -1.79. The molecule has 5 nitrogen and oxygen atoms in total. The summed E-state index contributed by atoms with van der Waals surface area (Å²) in [6, 6.07) is -0.291. The van der Waals surface area contributed by atoms with Gasteiger partial charge >= 0.3 is 0 Å². The summed E-state index contributed by atoms with van der Waals surface area (Å²) >= 11 is 0. The quantitative estimate of drug-likeness (QED) is 0.412. The number of carbonyl (C=O) groups excluding carboxylic acids is 1. The zero-order valence-corrected chi connectivity index (χ0v) is 7.66. The number of piperidine rings is 1. The van der Waals surface area contributed by atoms with E-state index in [0.717, 1.165) is 0 Å². The number of amides is 1. The molecule has 0 saturated carbocycles. The minimum absolute atomic E-state index is 0.0177. The summed E-state index contributed by atoms with van der Waals surface area (Å²) in [6.07, 6.45) is -0.0937. The van der Waals surface area contributed by atoms with Gasteiger partial charge in [0.1, 0.15) is 0 Å². The van der Waals surface area contributed by atoms with Gasteiger partial charge in [0.05, 0.1) is 18.8 Å². The number of aliphatic hydroxyl groups is 2. The largest absolute Gasteiger partial charge is 0.395 e. The molecule has 1 rings (SSSR count). The van der Waals surface area contributed by atoms with E-state index < -0.39 is 6.10 Å². The van der Waals surface area contributed by atoms with Crippen molar-refractivity contribution in [3.05, 3.63) is 0 Å². The number of nitrogens with one attached hydrogen (secondary N) is 2. The summed E-state index contributed by atoms with van der Waals surface area (Å²) in [5.41, 5.74) is 0. The van der Waals surface area contributed by atoms with E-state index in [1.54, 1.807) is 0 Å². The Hall–Kier alpha value is -0.650. The monoisotopic (exact) mass is 188 g/mol. The third-order valence-electron chi connectivity index (χ3n) is 2.23. The van der Waals surface area contributed by atoms with E-state index in [-0.39, 0.29) is 24.6 Å². The van der Waals surface area contributed by atoms with Crippen LogP contribution >= 0.6 is 0 Å². The molecule has 0 aromatic carbocycles. The Kier molecular flexibility index (Phi) is 3.65. The summed E-state index contributed by atoms with van der Waals surface area (Å²) in [5, 5.41) is 24.0. The van der Waals surface area contributed by atoms with Gasteiger partial charge in [-0.05, 0) is 6.42 Å². The summed E-state index contributed by atoms with van der Waals surface area (Å²) < 4.78 is 0. The van der Waals surface area contributed by atoms with Crippen LogP contribution in [0.1, 0.15) is 13.3 Å². The lowest BCUT2D eigenvalue weighted by atomic mass is 9.98. The van der Waals surface area contributed by atoms with Gasteiger partial charge in [-0.2, -0.15) is 0 Å². The van der Waals surface area contributed by atoms with Gasteiger partial charge in [-0.15, -0.1) is 0 Å². The zero-order valence-electron chi connectivity index (χ0n) is 7.66. The van der Waals surface area contributed by atoms with Crippen LogP contribution in [0.3, 0.4) is 0 Å². The molecule has 3 atom stereocenters. The van der Waals surface area contributed by atoms with Crippen molar-refractivity contribution in [3.8, 4) is 0 Å². The Bertz CT molecular complexity index is 186. The molecule has 0 bridgehead atoms. The zero-order chi connectivity index (χ0) is 9.84. The van der Waals surface area contributed by atoms with Crippen LogP contribution in [-0.4, -0.2) is 47.5 Å².